The van der Waals surface area contributed by atoms with Gasteiger partial charge in [-0.15, -0.1) is 6.58 Å². The van der Waals surface area contributed by atoms with E-state index in [0.717, 1.165) is 5.69 Å². The Hall–Kier alpha value is -3.58. The Morgan fingerprint density at radius 2 is 1.23 bits per heavy atom. The highest BCUT2D eigenvalue weighted by atomic mass is 14.5. The SMILES string of the molecule is C.C/C=C(/C)c1cccc(-c2ccc(N)cc2)c1.C=C(C)CCCC.CC.CCC.CCCCCC.Cc1ccc2ccccc2c1C. The van der Waals surface area contributed by atoms with Crippen LogP contribution in [-0.4, -0.2) is 0 Å². The van der Waals surface area contributed by atoms with Gasteiger partial charge in [0.2, 0.25) is 0 Å². The van der Waals surface area contributed by atoms with Crippen LogP contribution in [-0.2, 0) is 0 Å². The Morgan fingerprint density at radius 3 is 1.71 bits per heavy atom. The molecule has 0 unspecified atom stereocenters. The van der Waals surface area contributed by atoms with Crippen molar-refractivity contribution in [1.29, 1.82) is 0 Å². The van der Waals surface area contributed by atoms with Crippen LogP contribution in [0.5, 0.6) is 0 Å². The maximum Gasteiger partial charge on any atom is 0.0314 e. The van der Waals surface area contributed by atoms with Gasteiger partial charge in [0.1, 0.15) is 0 Å². The highest BCUT2D eigenvalue weighted by molar-refractivity contribution is 5.86. The second kappa shape index (κ2) is 32.0. The molecule has 2 N–H and O–H groups in total. The fourth-order valence-electron chi connectivity index (χ4n) is 4.30. The smallest absolute Gasteiger partial charge is 0.0314 e. The average molecular weight is 654 g/mol. The molecule has 4 aromatic carbocycles. The molecule has 0 aliphatic carbocycles. The molecule has 0 bridgehead atoms. The van der Waals surface area contributed by atoms with Crippen molar-refractivity contribution in [2.24, 2.45) is 0 Å². The monoisotopic (exact) mass is 654 g/mol. The molecule has 0 fully saturated rings. The van der Waals surface area contributed by atoms with E-state index in [1.165, 1.54) is 101 Å². The Morgan fingerprint density at radius 1 is 0.688 bits per heavy atom. The van der Waals surface area contributed by atoms with Crippen molar-refractivity contribution in [3.05, 3.63) is 120 Å². The lowest BCUT2D eigenvalue weighted by molar-refractivity contribution is 0.702. The lowest BCUT2D eigenvalue weighted by Gasteiger charge is -2.06. The van der Waals surface area contributed by atoms with Crippen LogP contribution in [0.25, 0.3) is 27.5 Å². The zero-order valence-corrected chi connectivity index (χ0v) is 32.6. The molecular weight excluding hydrogens is 579 g/mol. The van der Waals surface area contributed by atoms with Gasteiger partial charge in [-0.25, -0.2) is 0 Å². The maximum atomic E-state index is 5.70. The molecule has 0 aliphatic heterocycles. The van der Waals surface area contributed by atoms with Gasteiger partial charge >= 0.3 is 0 Å². The van der Waals surface area contributed by atoms with Crippen LogP contribution < -0.4 is 5.73 Å². The topological polar surface area (TPSA) is 26.0 Å². The normalized spacial score (nSPS) is 9.62. The molecule has 0 heterocycles. The van der Waals surface area contributed by atoms with Crippen molar-refractivity contribution < 1.29 is 0 Å². The minimum absolute atomic E-state index is 0. The number of hydrogen-bond acceptors (Lipinski definition) is 1. The molecule has 4 aromatic rings. The van der Waals surface area contributed by atoms with Crippen molar-refractivity contribution in [2.45, 2.75) is 142 Å². The number of rotatable bonds is 8. The third kappa shape index (κ3) is 22.1. The lowest BCUT2D eigenvalue weighted by Crippen LogP contribution is -1.85. The van der Waals surface area contributed by atoms with E-state index in [9.17, 15) is 0 Å². The van der Waals surface area contributed by atoms with E-state index in [0.29, 0.717) is 0 Å². The Bertz CT molecular complexity index is 1350. The van der Waals surface area contributed by atoms with E-state index >= 15 is 0 Å². The summed E-state index contributed by atoms with van der Waals surface area (Å²) >= 11 is 0. The molecule has 1 heteroatoms. The summed E-state index contributed by atoms with van der Waals surface area (Å²) in [7, 11) is 0. The molecule has 1 nitrogen and oxygen atoms in total. The summed E-state index contributed by atoms with van der Waals surface area (Å²) in [6, 6.07) is 29.4. The number of fused-ring (bicyclic) bond motifs is 1. The first kappa shape index (κ1) is 48.8. The van der Waals surface area contributed by atoms with Crippen molar-refractivity contribution >= 4 is 22.0 Å². The number of nitrogen functional groups attached to an aromatic ring is 1. The van der Waals surface area contributed by atoms with Gasteiger partial charge in [-0.1, -0.05) is 173 Å². The number of unbranched alkanes of at least 4 members (excludes halogenated alkanes) is 4. The summed E-state index contributed by atoms with van der Waals surface area (Å²) in [5, 5.41) is 2.71. The van der Waals surface area contributed by atoms with Gasteiger partial charge in [0.15, 0.2) is 0 Å². The summed E-state index contributed by atoms with van der Waals surface area (Å²) < 4.78 is 0. The molecule has 48 heavy (non-hydrogen) atoms. The van der Waals surface area contributed by atoms with Gasteiger partial charge in [0, 0.05) is 5.69 Å². The van der Waals surface area contributed by atoms with E-state index in [1.54, 1.807) is 0 Å². The minimum atomic E-state index is 0. The maximum absolute atomic E-state index is 5.70. The van der Waals surface area contributed by atoms with Crippen LogP contribution in [0, 0.1) is 13.8 Å². The molecule has 4 rings (SSSR count). The third-order valence-corrected chi connectivity index (χ3v) is 7.38. The first-order chi connectivity index (χ1) is 22.6. The first-order valence-corrected chi connectivity index (χ1v) is 18.3. The van der Waals surface area contributed by atoms with Gasteiger partial charge in [0.25, 0.3) is 0 Å². The zero-order valence-electron chi connectivity index (χ0n) is 32.6. The Labute approximate surface area is 299 Å². The molecule has 0 aromatic heterocycles. The zero-order chi connectivity index (χ0) is 36.0. The molecule has 0 saturated heterocycles. The van der Waals surface area contributed by atoms with Crippen molar-refractivity contribution in [2.75, 3.05) is 5.73 Å². The van der Waals surface area contributed by atoms with E-state index < -0.39 is 0 Å². The second-order valence-electron chi connectivity index (χ2n) is 11.9. The Balaban J connectivity index is -0.000000573. The van der Waals surface area contributed by atoms with Gasteiger partial charge in [-0.3, -0.25) is 0 Å². The summed E-state index contributed by atoms with van der Waals surface area (Å²) in [6.07, 6.45) is 12.7. The number of nitrogens with two attached hydrogens (primary N) is 1. The van der Waals surface area contributed by atoms with Crippen molar-refractivity contribution in [3.8, 4) is 11.1 Å². The van der Waals surface area contributed by atoms with Crippen LogP contribution >= 0.6 is 0 Å². The fourth-order valence-corrected chi connectivity index (χ4v) is 4.30. The number of allylic oxidation sites excluding steroid dienone is 3. The number of benzene rings is 4. The first-order valence-electron chi connectivity index (χ1n) is 18.3. The average Bonchev–Trinajstić information content (AvgIpc) is 3.10. The molecule has 0 spiro atoms. The fraction of sp³-hybridized carbons (Fsp3) is 0.447. The summed E-state index contributed by atoms with van der Waals surface area (Å²) in [5.41, 5.74) is 15.6. The standard InChI is InChI=1S/C16H17N.C12H12.C7H14.C6H14.C3H8.C2H6.CH4/c1-3-12(2)14-5-4-6-15(11-14)13-7-9-16(17)10-8-13;1-9-7-8-11-5-3-4-6-12(11)10(9)2;1-4-5-6-7(2)3;1-3-5-6-4-2;1-3-2;1-2;/h3-11H,17H2,1-2H3;3-8H,1-2H3;2,4-6H2,1,3H3;3-6H2,1-2H3;3H2,1-2H3;1-2H3;1H4/b12-3-;;;;;;. The largest absolute Gasteiger partial charge is 0.399 e. The molecule has 0 aliphatic rings. The number of aryl methyl sites for hydroxylation is 2. The lowest BCUT2D eigenvalue weighted by atomic mass is 9.99. The number of anilines is 1. The highest BCUT2D eigenvalue weighted by Crippen LogP contribution is 2.24. The predicted octanol–water partition coefficient (Wildman–Crippen LogP) is 16.2. The van der Waals surface area contributed by atoms with E-state index in [1.807, 2.05) is 26.0 Å². The molecule has 0 radical (unpaired) electrons. The van der Waals surface area contributed by atoms with Crippen LogP contribution in [0.15, 0.2) is 103 Å². The third-order valence-electron chi connectivity index (χ3n) is 7.38. The van der Waals surface area contributed by atoms with Crippen LogP contribution in [0.3, 0.4) is 0 Å². The predicted molar refractivity (Wildman–Crippen MR) is 227 cm³/mol. The van der Waals surface area contributed by atoms with Gasteiger partial charge < -0.3 is 5.73 Å². The summed E-state index contributed by atoms with van der Waals surface area (Å²) in [5.74, 6) is 0. The van der Waals surface area contributed by atoms with E-state index in [-0.39, 0.29) is 7.43 Å². The van der Waals surface area contributed by atoms with Crippen molar-refractivity contribution in [1.82, 2.24) is 0 Å². The minimum Gasteiger partial charge on any atom is -0.399 e. The molecular formula is C47H75N. The molecule has 0 saturated carbocycles. The van der Waals surface area contributed by atoms with Crippen LogP contribution in [0.1, 0.15) is 145 Å². The van der Waals surface area contributed by atoms with Gasteiger partial charge in [0.05, 0.1) is 0 Å². The number of hydrogen-bond donors (Lipinski definition) is 1. The summed E-state index contributed by atoms with van der Waals surface area (Å²) in [6.45, 7) is 29.3. The van der Waals surface area contributed by atoms with E-state index in [4.69, 9.17) is 5.73 Å². The summed E-state index contributed by atoms with van der Waals surface area (Å²) in [4.78, 5) is 0. The highest BCUT2D eigenvalue weighted by Gasteiger charge is 2.00. The molecule has 0 atom stereocenters. The van der Waals surface area contributed by atoms with Crippen molar-refractivity contribution in [3.63, 3.8) is 0 Å². The van der Waals surface area contributed by atoms with Gasteiger partial charge in [-0.2, -0.15) is 0 Å². The van der Waals surface area contributed by atoms with Gasteiger partial charge in [-0.05, 0) is 110 Å². The second-order valence-corrected chi connectivity index (χ2v) is 11.9. The molecule has 0 amide bonds. The van der Waals surface area contributed by atoms with Crippen LogP contribution in [0.2, 0.25) is 0 Å². The molecule has 268 valence electrons. The Kier molecular flexibility index (Phi) is 32.5. The van der Waals surface area contributed by atoms with E-state index in [2.05, 4.69) is 155 Å². The quantitative estimate of drug-likeness (QED) is 0.114. The van der Waals surface area contributed by atoms with Crippen LogP contribution in [0.4, 0.5) is 5.69 Å².